The molecule has 2 rings (SSSR count). The molecule has 19 heavy (non-hydrogen) atoms. The SMILES string of the molecule is CC(C)OCCOC1CCC(c2ccccc2)CC1. The van der Waals surface area contributed by atoms with Crippen molar-refractivity contribution in [3.63, 3.8) is 0 Å². The molecule has 0 saturated heterocycles. The molecule has 0 N–H and O–H groups in total. The second kappa shape index (κ2) is 7.66. The lowest BCUT2D eigenvalue weighted by atomic mass is 9.83. The fourth-order valence-corrected chi connectivity index (χ4v) is 2.79. The standard InChI is InChI=1S/C17H26O2/c1-14(2)18-12-13-19-17-10-8-16(9-11-17)15-6-4-3-5-7-15/h3-7,14,16-17H,8-13H2,1-2H3. The van der Waals surface area contributed by atoms with E-state index in [0.29, 0.717) is 12.2 Å². The fourth-order valence-electron chi connectivity index (χ4n) is 2.79. The Morgan fingerprint density at radius 1 is 1.00 bits per heavy atom. The van der Waals surface area contributed by atoms with Crippen LogP contribution in [-0.4, -0.2) is 25.4 Å². The van der Waals surface area contributed by atoms with Gasteiger partial charge in [-0.1, -0.05) is 30.3 Å². The van der Waals surface area contributed by atoms with Gasteiger partial charge in [0.2, 0.25) is 0 Å². The summed E-state index contributed by atoms with van der Waals surface area (Å²) in [5, 5.41) is 0. The molecule has 0 aliphatic heterocycles. The number of benzene rings is 1. The highest BCUT2D eigenvalue weighted by Gasteiger charge is 2.22. The Morgan fingerprint density at radius 3 is 2.32 bits per heavy atom. The summed E-state index contributed by atoms with van der Waals surface area (Å²) in [5.74, 6) is 0.730. The Kier molecular flexibility index (Phi) is 5.87. The fraction of sp³-hybridized carbons (Fsp3) is 0.647. The van der Waals surface area contributed by atoms with Crippen LogP contribution in [0.15, 0.2) is 30.3 Å². The monoisotopic (exact) mass is 262 g/mol. The van der Waals surface area contributed by atoms with Crippen LogP contribution < -0.4 is 0 Å². The first-order valence-corrected chi connectivity index (χ1v) is 7.54. The summed E-state index contributed by atoms with van der Waals surface area (Å²) < 4.78 is 11.4. The van der Waals surface area contributed by atoms with E-state index in [9.17, 15) is 0 Å². The Labute approximate surface area is 117 Å². The van der Waals surface area contributed by atoms with Crippen molar-refractivity contribution in [3.05, 3.63) is 35.9 Å². The van der Waals surface area contributed by atoms with Crippen molar-refractivity contribution in [2.75, 3.05) is 13.2 Å². The smallest absolute Gasteiger partial charge is 0.0704 e. The zero-order chi connectivity index (χ0) is 13.5. The van der Waals surface area contributed by atoms with Crippen molar-refractivity contribution in [1.29, 1.82) is 0 Å². The molecule has 1 fully saturated rings. The number of hydrogen-bond acceptors (Lipinski definition) is 2. The molecule has 1 aliphatic rings. The number of ether oxygens (including phenoxy) is 2. The van der Waals surface area contributed by atoms with E-state index in [1.165, 1.54) is 31.2 Å². The van der Waals surface area contributed by atoms with Crippen LogP contribution in [0.4, 0.5) is 0 Å². The Bertz CT molecular complexity index is 340. The van der Waals surface area contributed by atoms with Crippen LogP contribution in [0.1, 0.15) is 51.0 Å². The Hall–Kier alpha value is -0.860. The van der Waals surface area contributed by atoms with Crippen LogP contribution >= 0.6 is 0 Å². The summed E-state index contributed by atoms with van der Waals surface area (Å²) in [6, 6.07) is 10.9. The van der Waals surface area contributed by atoms with Gasteiger partial charge in [0.15, 0.2) is 0 Å². The third kappa shape index (κ3) is 4.96. The Balaban J connectivity index is 1.65. The maximum Gasteiger partial charge on any atom is 0.0704 e. The van der Waals surface area contributed by atoms with Crippen molar-refractivity contribution in [1.82, 2.24) is 0 Å². The van der Waals surface area contributed by atoms with Crippen LogP contribution in [0.2, 0.25) is 0 Å². The first-order valence-electron chi connectivity index (χ1n) is 7.54. The molecule has 1 aromatic carbocycles. The van der Waals surface area contributed by atoms with E-state index in [4.69, 9.17) is 9.47 Å². The molecule has 0 bridgehead atoms. The molecule has 0 unspecified atom stereocenters. The average Bonchev–Trinajstić information content (AvgIpc) is 2.45. The first-order chi connectivity index (χ1) is 9.25. The molecule has 0 spiro atoms. The molecular weight excluding hydrogens is 236 g/mol. The van der Waals surface area contributed by atoms with Gasteiger partial charge in [-0.25, -0.2) is 0 Å². The van der Waals surface area contributed by atoms with Gasteiger partial charge in [0.1, 0.15) is 0 Å². The van der Waals surface area contributed by atoms with Gasteiger partial charge in [0.05, 0.1) is 25.4 Å². The zero-order valence-electron chi connectivity index (χ0n) is 12.2. The van der Waals surface area contributed by atoms with Crippen LogP contribution in [-0.2, 0) is 9.47 Å². The molecule has 0 heterocycles. The largest absolute Gasteiger partial charge is 0.376 e. The van der Waals surface area contributed by atoms with Crippen molar-refractivity contribution < 1.29 is 9.47 Å². The highest BCUT2D eigenvalue weighted by atomic mass is 16.5. The van der Waals surface area contributed by atoms with Crippen molar-refractivity contribution in [2.45, 2.75) is 57.7 Å². The van der Waals surface area contributed by atoms with E-state index in [0.717, 1.165) is 19.1 Å². The molecule has 0 radical (unpaired) electrons. The highest BCUT2D eigenvalue weighted by Crippen LogP contribution is 2.33. The minimum atomic E-state index is 0.303. The van der Waals surface area contributed by atoms with Gasteiger partial charge < -0.3 is 9.47 Å². The van der Waals surface area contributed by atoms with Crippen molar-refractivity contribution in [2.24, 2.45) is 0 Å². The van der Waals surface area contributed by atoms with E-state index >= 15 is 0 Å². The molecule has 0 amide bonds. The summed E-state index contributed by atoms with van der Waals surface area (Å²) in [6.07, 6.45) is 5.61. The lowest BCUT2D eigenvalue weighted by molar-refractivity contribution is -0.0257. The molecule has 2 nitrogen and oxygen atoms in total. The molecule has 0 aromatic heterocycles. The van der Waals surface area contributed by atoms with Crippen LogP contribution in [0, 0.1) is 0 Å². The van der Waals surface area contributed by atoms with E-state index < -0.39 is 0 Å². The van der Waals surface area contributed by atoms with Crippen LogP contribution in [0.3, 0.4) is 0 Å². The molecule has 0 atom stereocenters. The van der Waals surface area contributed by atoms with Crippen molar-refractivity contribution in [3.8, 4) is 0 Å². The number of hydrogen-bond donors (Lipinski definition) is 0. The lowest BCUT2D eigenvalue weighted by Gasteiger charge is -2.29. The van der Waals surface area contributed by atoms with Gasteiger partial charge >= 0.3 is 0 Å². The van der Waals surface area contributed by atoms with Gasteiger partial charge in [0, 0.05) is 0 Å². The van der Waals surface area contributed by atoms with Gasteiger partial charge in [-0.3, -0.25) is 0 Å². The predicted molar refractivity (Wildman–Crippen MR) is 78.5 cm³/mol. The molecular formula is C17H26O2. The molecule has 2 heteroatoms. The average molecular weight is 262 g/mol. The molecule has 1 saturated carbocycles. The minimum absolute atomic E-state index is 0.303. The molecule has 106 valence electrons. The summed E-state index contributed by atoms with van der Waals surface area (Å²) in [6.45, 7) is 5.57. The van der Waals surface area contributed by atoms with Gasteiger partial charge in [-0.05, 0) is 51.0 Å². The third-order valence-electron chi connectivity index (χ3n) is 3.83. The second-order valence-corrected chi connectivity index (χ2v) is 5.67. The van der Waals surface area contributed by atoms with E-state index in [1.807, 2.05) is 0 Å². The summed E-state index contributed by atoms with van der Waals surface area (Å²) in [7, 11) is 0. The summed E-state index contributed by atoms with van der Waals surface area (Å²) in [4.78, 5) is 0. The quantitative estimate of drug-likeness (QED) is 0.717. The van der Waals surface area contributed by atoms with Gasteiger partial charge in [-0.2, -0.15) is 0 Å². The zero-order valence-corrected chi connectivity index (χ0v) is 12.2. The van der Waals surface area contributed by atoms with E-state index in [-0.39, 0.29) is 0 Å². The summed E-state index contributed by atoms with van der Waals surface area (Å²) >= 11 is 0. The normalized spacial score (nSPS) is 23.7. The maximum absolute atomic E-state index is 5.89. The molecule has 1 aliphatic carbocycles. The van der Waals surface area contributed by atoms with Crippen molar-refractivity contribution >= 4 is 0 Å². The second-order valence-electron chi connectivity index (χ2n) is 5.67. The van der Waals surface area contributed by atoms with E-state index in [1.54, 1.807) is 0 Å². The number of rotatable bonds is 6. The summed E-state index contributed by atoms with van der Waals surface area (Å²) in [5.41, 5.74) is 1.49. The Morgan fingerprint density at radius 2 is 1.68 bits per heavy atom. The lowest BCUT2D eigenvalue weighted by Crippen LogP contribution is -2.23. The van der Waals surface area contributed by atoms with Gasteiger partial charge in [-0.15, -0.1) is 0 Å². The predicted octanol–water partition coefficient (Wildman–Crippen LogP) is 4.15. The highest BCUT2D eigenvalue weighted by molar-refractivity contribution is 5.19. The third-order valence-corrected chi connectivity index (χ3v) is 3.83. The minimum Gasteiger partial charge on any atom is -0.376 e. The molecule has 1 aromatic rings. The van der Waals surface area contributed by atoms with E-state index in [2.05, 4.69) is 44.2 Å². The van der Waals surface area contributed by atoms with Crippen LogP contribution in [0.5, 0.6) is 0 Å². The van der Waals surface area contributed by atoms with Crippen LogP contribution in [0.25, 0.3) is 0 Å². The van der Waals surface area contributed by atoms with Gasteiger partial charge in [0.25, 0.3) is 0 Å². The maximum atomic E-state index is 5.89. The first kappa shape index (κ1) is 14.5. The topological polar surface area (TPSA) is 18.5 Å².